The largest absolute Gasteiger partial charge is 0.479 e. The summed E-state index contributed by atoms with van der Waals surface area (Å²) < 4.78 is 0. The normalized spacial score (nSPS) is 18.2. The van der Waals surface area contributed by atoms with Gasteiger partial charge < -0.3 is 26.2 Å². The van der Waals surface area contributed by atoms with Crippen molar-refractivity contribution in [1.29, 1.82) is 0 Å². The highest BCUT2D eigenvalue weighted by molar-refractivity contribution is 6.12. The molecule has 0 rings (SSSR count). The summed E-state index contributed by atoms with van der Waals surface area (Å²) in [6.45, 7) is 1.44. The number of carbonyl (C=O) groups is 3. The first-order valence-corrected chi connectivity index (χ1v) is 4.36. The lowest BCUT2D eigenvalue weighted by atomic mass is 9.87. The molecular weight excluding hydrogens is 222 g/mol. The summed E-state index contributed by atoms with van der Waals surface area (Å²) in [7, 11) is 0. The monoisotopic (exact) mass is 235 g/mol. The lowest BCUT2D eigenvalue weighted by Gasteiger charge is -2.26. The van der Waals surface area contributed by atoms with Crippen molar-refractivity contribution < 1.29 is 34.8 Å². The van der Waals surface area contributed by atoms with Gasteiger partial charge in [0.05, 0.1) is 6.04 Å². The van der Waals surface area contributed by atoms with E-state index in [0.29, 0.717) is 0 Å². The molecule has 0 bridgehead atoms. The lowest BCUT2D eigenvalue weighted by Crippen LogP contribution is -2.62. The minimum absolute atomic E-state index is 0.000756. The minimum atomic E-state index is -3.43. The third kappa shape index (κ3) is 2.35. The zero-order valence-corrected chi connectivity index (χ0v) is 8.45. The molecule has 0 aliphatic carbocycles. The summed E-state index contributed by atoms with van der Waals surface area (Å²) in [4.78, 5) is 32.5. The molecule has 0 saturated carbocycles. The molecule has 0 fully saturated rings. The van der Waals surface area contributed by atoms with Gasteiger partial charge in [0.2, 0.25) is 0 Å². The molecule has 0 saturated heterocycles. The van der Waals surface area contributed by atoms with Crippen LogP contribution in [0.2, 0.25) is 0 Å². The Bertz CT molecular complexity index is 316. The van der Waals surface area contributed by atoms with Gasteiger partial charge in [-0.25, -0.2) is 9.59 Å². The van der Waals surface area contributed by atoms with Gasteiger partial charge in [0.25, 0.3) is 5.60 Å². The summed E-state index contributed by atoms with van der Waals surface area (Å²) in [6.07, 6.45) is -2.77. The van der Waals surface area contributed by atoms with Crippen LogP contribution >= 0.6 is 0 Å². The first kappa shape index (κ1) is 14.5. The third-order valence-electron chi connectivity index (χ3n) is 2.11. The number of ketones is 1. The van der Waals surface area contributed by atoms with Gasteiger partial charge in [-0.3, -0.25) is 4.79 Å². The SMILES string of the molecule is CCC(N)C(=O)C(O)(C(=O)O)C(O)C(=O)O. The van der Waals surface area contributed by atoms with Gasteiger partial charge in [0.1, 0.15) is 0 Å². The highest BCUT2D eigenvalue weighted by Gasteiger charge is 2.55. The van der Waals surface area contributed by atoms with Crippen LogP contribution in [0.1, 0.15) is 13.3 Å². The smallest absolute Gasteiger partial charge is 0.347 e. The van der Waals surface area contributed by atoms with Crippen LogP contribution < -0.4 is 5.73 Å². The van der Waals surface area contributed by atoms with Crippen LogP contribution in [0, 0.1) is 0 Å². The maximum absolute atomic E-state index is 11.4. The Hall–Kier alpha value is -1.51. The molecule has 0 heterocycles. The Balaban J connectivity index is 5.36. The molecule has 8 heteroatoms. The number of aliphatic hydroxyl groups is 2. The van der Waals surface area contributed by atoms with Crippen LogP contribution in [0.15, 0.2) is 0 Å². The number of hydrogen-bond acceptors (Lipinski definition) is 6. The van der Waals surface area contributed by atoms with E-state index in [4.69, 9.17) is 21.1 Å². The van der Waals surface area contributed by atoms with Gasteiger partial charge in [0, 0.05) is 0 Å². The number of carboxylic acid groups (broad SMARTS) is 2. The number of rotatable bonds is 6. The molecule has 0 radical (unpaired) electrons. The fraction of sp³-hybridized carbons (Fsp3) is 0.625. The second-order valence-corrected chi connectivity index (χ2v) is 3.19. The topological polar surface area (TPSA) is 158 Å². The van der Waals surface area contributed by atoms with Crippen molar-refractivity contribution in [2.45, 2.75) is 31.1 Å². The van der Waals surface area contributed by atoms with Crippen LogP contribution in [0.25, 0.3) is 0 Å². The summed E-state index contributed by atoms with van der Waals surface area (Å²) in [5, 5.41) is 35.5. The molecule has 92 valence electrons. The fourth-order valence-electron chi connectivity index (χ4n) is 1.00. The summed E-state index contributed by atoms with van der Waals surface area (Å²) in [5.41, 5.74) is 1.77. The Kier molecular flexibility index (Phi) is 4.54. The molecule has 3 atom stereocenters. The number of aliphatic hydroxyl groups excluding tert-OH is 1. The van der Waals surface area contributed by atoms with Crippen LogP contribution in [-0.4, -0.2) is 55.9 Å². The maximum atomic E-state index is 11.4. The average molecular weight is 235 g/mol. The van der Waals surface area contributed by atoms with Crippen molar-refractivity contribution in [3.8, 4) is 0 Å². The van der Waals surface area contributed by atoms with Gasteiger partial charge >= 0.3 is 11.9 Å². The molecule has 0 aromatic heterocycles. The highest BCUT2D eigenvalue weighted by Crippen LogP contribution is 2.16. The van der Waals surface area contributed by atoms with Crippen LogP contribution in [0.5, 0.6) is 0 Å². The van der Waals surface area contributed by atoms with E-state index in [0.717, 1.165) is 0 Å². The standard InChI is InChI=1S/C8H13NO7/c1-2-3(9)4(10)8(16,7(14)15)5(11)6(12)13/h3,5,11,16H,2,9H2,1H3,(H,12,13)(H,14,15). The fourth-order valence-corrected chi connectivity index (χ4v) is 1.00. The van der Waals surface area contributed by atoms with E-state index in [2.05, 4.69) is 0 Å². The van der Waals surface area contributed by atoms with E-state index in [9.17, 15) is 19.5 Å². The van der Waals surface area contributed by atoms with Crippen LogP contribution in [-0.2, 0) is 14.4 Å². The van der Waals surface area contributed by atoms with Crippen LogP contribution in [0.3, 0.4) is 0 Å². The number of aliphatic carboxylic acids is 2. The molecule has 0 aromatic carbocycles. The Morgan fingerprint density at radius 3 is 2.00 bits per heavy atom. The molecule has 3 unspecified atom stereocenters. The van der Waals surface area contributed by atoms with Crippen molar-refractivity contribution in [2.75, 3.05) is 0 Å². The number of carbonyl (C=O) groups excluding carboxylic acids is 1. The van der Waals surface area contributed by atoms with E-state index >= 15 is 0 Å². The van der Waals surface area contributed by atoms with E-state index < -0.39 is 35.5 Å². The molecule has 0 amide bonds. The molecule has 8 nitrogen and oxygen atoms in total. The van der Waals surface area contributed by atoms with E-state index in [1.807, 2.05) is 0 Å². The molecule has 0 spiro atoms. The van der Waals surface area contributed by atoms with Crippen molar-refractivity contribution in [3.05, 3.63) is 0 Å². The molecule has 0 aliphatic rings. The predicted molar refractivity (Wildman–Crippen MR) is 49.5 cm³/mol. The van der Waals surface area contributed by atoms with Gasteiger partial charge in [-0.05, 0) is 6.42 Å². The Morgan fingerprint density at radius 1 is 1.31 bits per heavy atom. The molecule has 6 N–H and O–H groups in total. The van der Waals surface area contributed by atoms with Gasteiger partial charge in [-0.2, -0.15) is 0 Å². The van der Waals surface area contributed by atoms with E-state index in [1.54, 1.807) is 0 Å². The maximum Gasteiger partial charge on any atom is 0.347 e. The van der Waals surface area contributed by atoms with Crippen LogP contribution in [0.4, 0.5) is 0 Å². The number of nitrogens with two attached hydrogens (primary N) is 1. The van der Waals surface area contributed by atoms with Gasteiger partial charge in [0.15, 0.2) is 11.9 Å². The summed E-state index contributed by atoms with van der Waals surface area (Å²) in [6, 6.07) is -1.37. The number of carboxylic acids is 2. The average Bonchev–Trinajstić information content (AvgIpc) is 2.24. The molecule has 16 heavy (non-hydrogen) atoms. The molecule has 0 aromatic rings. The quantitative estimate of drug-likeness (QED) is 0.317. The Morgan fingerprint density at radius 2 is 1.75 bits per heavy atom. The molecular formula is C8H13NO7. The van der Waals surface area contributed by atoms with E-state index in [-0.39, 0.29) is 6.42 Å². The van der Waals surface area contributed by atoms with Gasteiger partial charge in [-0.1, -0.05) is 6.92 Å². The van der Waals surface area contributed by atoms with Crippen molar-refractivity contribution >= 4 is 17.7 Å². The van der Waals surface area contributed by atoms with Crippen molar-refractivity contribution in [3.63, 3.8) is 0 Å². The zero-order valence-electron chi connectivity index (χ0n) is 8.45. The first-order chi connectivity index (χ1) is 7.19. The third-order valence-corrected chi connectivity index (χ3v) is 2.11. The molecule has 0 aliphatic heterocycles. The Labute approximate surface area is 90.3 Å². The van der Waals surface area contributed by atoms with Crippen molar-refractivity contribution in [1.82, 2.24) is 0 Å². The predicted octanol–water partition coefficient (Wildman–Crippen LogP) is -2.45. The first-order valence-electron chi connectivity index (χ1n) is 4.36. The van der Waals surface area contributed by atoms with Gasteiger partial charge in [-0.15, -0.1) is 0 Å². The minimum Gasteiger partial charge on any atom is -0.479 e. The van der Waals surface area contributed by atoms with E-state index in [1.165, 1.54) is 6.92 Å². The summed E-state index contributed by atoms with van der Waals surface area (Å²) in [5.74, 6) is -5.63. The van der Waals surface area contributed by atoms with Crippen molar-refractivity contribution in [2.24, 2.45) is 5.73 Å². The highest BCUT2D eigenvalue weighted by atomic mass is 16.4. The lowest BCUT2D eigenvalue weighted by molar-refractivity contribution is -0.187. The zero-order chi connectivity index (χ0) is 13.1. The second kappa shape index (κ2) is 5.01. The number of Topliss-reactive ketones (excluding diaryl/α,β-unsaturated/α-hetero) is 1. The summed E-state index contributed by atoms with van der Waals surface area (Å²) >= 11 is 0. The number of hydrogen-bond donors (Lipinski definition) is 5. The second-order valence-electron chi connectivity index (χ2n) is 3.19.